The average Bonchev–Trinajstić information content (AvgIpc) is 3.57. The molecular formula is C38H35NO8. The highest BCUT2D eigenvalue weighted by Gasteiger charge is 2.41. The summed E-state index contributed by atoms with van der Waals surface area (Å²) in [6, 6.07) is 16.6. The second-order valence-electron chi connectivity index (χ2n) is 12.6. The van der Waals surface area contributed by atoms with Crippen molar-refractivity contribution in [3.63, 3.8) is 0 Å². The van der Waals surface area contributed by atoms with Crippen LogP contribution in [0.1, 0.15) is 51.3 Å². The van der Waals surface area contributed by atoms with Gasteiger partial charge in [0.1, 0.15) is 29.5 Å². The normalized spacial score (nSPS) is 21.5. The summed E-state index contributed by atoms with van der Waals surface area (Å²) in [7, 11) is 1.47. The molecule has 2 aliphatic carbocycles. The minimum atomic E-state index is -0.898. The van der Waals surface area contributed by atoms with Crippen molar-refractivity contribution in [1.82, 2.24) is 0 Å². The number of ether oxygens (including phenoxy) is 3. The number of allylic oxidation sites excluding steroid dienone is 1. The van der Waals surface area contributed by atoms with E-state index in [-0.39, 0.29) is 42.3 Å². The van der Waals surface area contributed by atoms with Crippen LogP contribution in [0.2, 0.25) is 0 Å². The summed E-state index contributed by atoms with van der Waals surface area (Å²) in [5.74, 6) is 1.40. The van der Waals surface area contributed by atoms with Gasteiger partial charge in [-0.1, -0.05) is 36.4 Å². The molecule has 4 aromatic rings. The number of hydrogen-bond acceptors (Lipinski definition) is 9. The smallest absolute Gasteiger partial charge is 0.160 e. The number of aromatic hydroxyl groups is 2. The molecule has 0 bridgehead atoms. The standard InChI is InChI=1S/C38H35NO8/c1-45-34-13-21(3-8-31(34)43)38-32(44)15-26-28-14-27-23(19-2-7-29-20(12-19)10-11-39-29)4-5-24-30(42)9-6-25(36(24)27)37(28)35(16-33(26)47-38)46-22(17-40)18-41/h2-10,12-13,16,22-23,27,32,38,40-44H,11,14-15,17-18H2,1H3. The third kappa shape index (κ3) is 4.76. The third-order valence-electron chi connectivity index (χ3n) is 9.96. The molecule has 4 aliphatic rings. The van der Waals surface area contributed by atoms with E-state index >= 15 is 0 Å². The number of benzene rings is 4. The number of rotatable bonds is 7. The van der Waals surface area contributed by atoms with Crippen LogP contribution in [0.25, 0.3) is 23.3 Å². The lowest BCUT2D eigenvalue weighted by Gasteiger charge is -2.40. The van der Waals surface area contributed by atoms with Crippen molar-refractivity contribution >= 4 is 12.2 Å². The van der Waals surface area contributed by atoms with Crippen molar-refractivity contribution in [3.8, 4) is 39.9 Å². The van der Waals surface area contributed by atoms with Crippen molar-refractivity contribution in [2.45, 2.75) is 43.0 Å². The van der Waals surface area contributed by atoms with Gasteiger partial charge < -0.3 is 39.7 Å². The second kappa shape index (κ2) is 11.5. The largest absolute Gasteiger partial charge is 0.507 e. The molecule has 47 heavy (non-hydrogen) atoms. The number of aliphatic hydroxyl groups excluding tert-OH is 3. The first-order chi connectivity index (χ1) is 22.9. The van der Waals surface area contributed by atoms with Crippen LogP contribution in [0.15, 0.2) is 65.7 Å². The Labute approximate surface area is 271 Å². The van der Waals surface area contributed by atoms with E-state index in [0.29, 0.717) is 36.4 Å². The number of aliphatic hydroxyl groups is 3. The fourth-order valence-electron chi connectivity index (χ4n) is 7.73. The zero-order valence-electron chi connectivity index (χ0n) is 25.8. The van der Waals surface area contributed by atoms with Crippen LogP contribution in [-0.4, -0.2) is 64.6 Å². The highest BCUT2D eigenvalue weighted by Crippen LogP contribution is 2.57. The molecule has 0 spiro atoms. The van der Waals surface area contributed by atoms with Gasteiger partial charge in [-0.2, -0.15) is 0 Å². The minimum Gasteiger partial charge on any atom is -0.507 e. The van der Waals surface area contributed by atoms with Crippen LogP contribution in [0.4, 0.5) is 0 Å². The predicted molar refractivity (Wildman–Crippen MR) is 175 cm³/mol. The Morgan fingerprint density at radius 1 is 0.915 bits per heavy atom. The summed E-state index contributed by atoms with van der Waals surface area (Å²) in [4.78, 5) is 4.56. The molecule has 0 radical (unpaired) electrons. The lowest BCUT2D eigenvalue weighted by Crippen LogP contribution is -2.33. The van der Waals surface area contributed by atoms with E-state index < -0.39 is 18.3 Å². The molecule has 0 saturated carbocycles. The number of fused-ring (bicyclic) bond motifs is 5. The van der Waals surface area contributed by atoms with Crippen LogP contribution < -0.4 is 24.8 Å². The molecule has 0 aromatic heterocycles. The Balaban J connectivity index is 1.30. The van der Waals surface area contributed by atoms with E-state index in [1.165, 1.54) is 13.2 Å². The highest BCUT2D eigenvalue weighted by atomic mass is 16.5. The number of methoxy groups -OCH3 is 1. The molecule has 9 heteroatoms. The topological polar surface area (TPSA) is 141 Å². The summed E-state index contributed by atoms with van der Waals surface area (Å²) in [5.41, 5.74) is 7.10. The molecule has 240 valence electrons. The molecule has 0 amide bonds. The summed E-state index contributed by atoms with van der Waals surface area (Å²) in [6.45, 7) is -0.101. The Hall–Kier alpha value is -4.83. The maximum absolute atomic E-state index is 11.5. The van der Waals surface area contributed by atoms with Gasteiger partial charge in [0, 0.05) is 35.1 Å². The quantitative estimate of drug-likeness (QED) is 0.209. The fourth-order valence-corrected chi connectivity index (χ4v) is 7.73. The van der Waals surface area contributed by atoms with Crippen LogP contribution >= 0.6 is 0 Å². The number of phenolic OH excluding ortho intramolecular Hbond substituents is 2. The van der Waals surface area contributed by atoms with Gasteiger partial charge in [-0.15, -0.1) is 0 Å². The Morgan fingerprint density at radius 2 is 1.72 bits per heavy atom. The van der Waals surface area contributed by atoms with Crippen molar-refractivity contribution in [2.75, 3.05) is 26.9 Å². The van der Waals surface area contributed by atoms with Gasteiger partial charge in [0.25, 0.3) is 0 Å². The lowest BCUT2D eigenvalue weighted by molar-refractivity contribution is 0.0195. The maximum Gasteiger partial charge on any atom is 0.160 e. The summed E-state index contributed by atoms with van der Waals surface area (Å²) in [6.07, 6.45) is 4.66. The molecule has 4 atom stereocenters. The van der Waals surface area contributed by atoms with Crippen LogP contribution in [0, 0.1) is 0 Å². The second-order valence-corrected chi connectivity index (χ2v) is 12.6. The van der Waals surface area contributed by atoms with Gasteiger partial charge in [-0.05, 0) is 75.7 Å². The zero-order chi connectivity index (χ0) is 32.4. The molecule has 4 unspecified atom stereocenters. The number of phenols is 2. The summed E-state index contributed by atoms with van der Waals surface area (Å²) in [5, 5.41) is 54.8. The van der Waals surface area contributed by atoms with E-state index in [1.54, 1.807) is 24.3 Å². The van der Waals surface area contributed by atoms with Gasteiger partial charge in [0.2, 0.25) is 0 Å². The van der Waals surface area contributed by atoms with Crippen molar-refractivity contribution in [3.05, 3.63) is 105 Å². The van der Waals surface area contributed by atoms with E-state index in [1.807, 2.05) is 12.1 Å². The van der Waals surface area contributed by atoms with E-state index in [4.69, 9.17) is 14.2 Å². The zero-order valence-corrected chi connectivity index (χ0v) is 25.8. The average molecular weight is 634 g/mol. The minimum absolute atomic E-state index is 0.00463. The number of hydrogen-bond donors (Lipinski definition) is 5. The van der Waals surface area contributed by atoms with Crippen LogP contribution in [0.3, 0.4) is 0 Å². The molecule has 0 saturated heterocycles. The van der Waals surface area contributed by atoms with E-state index in [0.717, 1.165) is 49.5 Å². The third-order valence-corrected chi connectivity index (χ3v) is 9.96. The van der Waals surface area contributed by atoms with Gasteiger partial charge in [-0.3, -0.25) is 4.99 Å². The summed E-state index contributed by atoms with van der Waals surface area (Å²) >= 11 is 0. The van der Waals surface area contributed by atoms with Crippen LogP contribution in [0.5, 0.6) is 28.7 Å². The fraction of sp³-hybridized carbons (Fsp3) is 0.289. The predicted octanol–water partition coefficient (Wildman–Crippen LogP) is 3.41. The Morgan fingerprint density at radius 3 is 2.53 bits per heavy atom. The molecule has 8 rings (SSSR count). The first-order valence-corrected chi connectivity index (χ1v) is 15.9. The van der Waals surface area contributed by atoms with Gasteiger partial charge in [0.15, 0.2) is 11.5 Å². The maximum atomic E-state index is 11.5. The first-order valence-electron chi connectivity index (χ1n) is 15.9. The molecule has 5 N–H and O–H groups in total. The molecule has 9 nitrogen and oxygen atoms in total. The lowest BCUT2D eigenvalue weighted by atomic mass is 9.66. The SMILES string of the molecule is COc1cc(C2Oc3cc(OC(CO)CO)c4c(c3CC2O)CC2c3c-4ccc(O)c3C=CC2c2ccc3c(c2)=CCN=3)ccc1O. The molecule has 0 fully saturated rings. The Kier molecular flexibility index (Phi) is 7.20. The van der Waals surface area contributed by atoms with Gasteiger partial charge >= 0.3 is 0 Å². The van der Waals surface area contributed by atoms with Crippen LogP contribution in [-0.2, 0) is 12.8 Å². The monoisotopic (exact) mass is 633 g/mol. The van der Waals surface area contributed by atoms with Crippen molar-refractivity contribution in [1.29, 1.82) is 0 Å². The first kappa shape index (κ1) is 29.6. The van der Waals surface area contributed by atoms with E-state index in [2.05, 4.69) is 35.3 Å². The molecule has 2 aliphatic heterocycles. The summed E-state index contributed by atoms with van der Waals surface area (Å²) < 4.78 is 18.1. The van der Waals surface area contributed by atoms with Gasteiger partial charge in [-0.25, -0.2) is 0 Å². The van der Waals surface area contributed by atoms with E-state index in [9.17, 15) is 25.5 Å². The van der Waals surface area contributed by atoms with Crippen molar-refractivity contribution in [2.24, 2.45) is 4.99 Å². The Bertz CT molecular complexity index is 2070. The van der Waals surface area contributed by atoms with Crippen molar-refractivity contribution < 1.29 is 39.7 Å². The highest BCUT2D eigenvalue weighted by molar-refractivity contribution is 5.87. The van der Waals surface area contributed by atoms with Gasteiger partial charge in [0.05, 0.1) is 38.3 Å². The number of nitrogens with zero attached hydrogens (tertiary/aromatic N) is 1. The molecule has 2 heterocycles. The molecule has 4 aromatic carbocycles. The molecular weight excluding hydrogens is 598 g/mol.